The number of thiophene rings is 1. The van der Waals surface area contributed by atoms with Gasteiger partial charge in [-0.1, -0.05) is 12.1 Å². The monoisotopic (exact) mass is 386 g/mol. The zero-order valence-electron chi connectivity index (χ0n) is 14.5. The van der Waals surface area contributed by atoms with Crippen molar-refractivity contribution in [2.75, 3.05) is 0 Å². The SMILES string of the molecule is O=C(NC1CCC(O)CC1)c1nc(-c2cccs2)n(-c2cccc(F)c2)n1. The van der Waals surface area contributed by atoms with Gasteiger partial charge >= 0.3 is 0 Å². The minimum Gasteiger partial charge on any atom is -0.393 e. The smallest absolute Gasteiger partial charge is 0.291 e. The van der Waals surface area contributed by atoms with E-state index in [4.69, 9.17) is 0 Å². The number of aliphatic hydroxyl groups is 1. The first-order valence-electron chi connectivity index (χ1n) is 8.86. The molecule has 0 atom stereocenters. The van der Waals surface area contributed by atoms with Crippen LogP contribution in [0.4, 0.5) is 4.39 Å². The molecule has 1 saturated carbocycles. The largest absolute Gasteiger partial charge is 0.393 e. The van der Waals surface area contributed by atoms with Crippen molar-refractivity contribution in [1.82, 2.24) is 20.1 Å². The van der Waals surface area contributed by atoms with Gasteiger partial charge < -0.3 is 10.4 Å². The van der Waals surface area contributed by atoms with E-state index in [1.807, 2.05) is 17.5 Å². The predicted molar refractivity (Wildman–Crippen MR) is 100 cm³/mol. The Morgan fingerprint density at radius 2 is 2.04 bits per heavy atom. The second-order valence-corrected chi connectivity index (χ2v) is 7.55. The maximum absolute atomic E-state index is 13.7. The van der Waals surface area contributed by atoms with Gasteiger partial charge in [0.15, 0.2) is 5.82 Å². The third-order valence-electron chi connectivity index (χ3n) is 4.64. The van der Waals surface area contributed by atoms with Gasteiger partial charge in [-0.15, -0.1) is 16.4 Å². The number of carbonyl (C=O) groups is 1. The molecule has 1 amide bonds. The van der Waals surface area contributed by atoms with Crippen LogP contribution < -0.4 is 5.32 Å². The summed E-state index contributed by atoms with van der Waals surface area (Å²) in [6.45, 7) is 0. The van der Waals surface area contributed by atoms with Gasteiger partial charge in [0.2, 0.25) is 5.82 Å². The summed E-state index contributed by atoms with van der Waals surface area (Å²) in [5.74, 6) is -0.190. The number of halogens is 1. The van der Waals surface area contributed by atoms with Crippen LogP contribution in [0.15, 0.2) is 41.8 Å². The Bertz CT molecular complexity index is 933. The molecule has 2 N–H and O–H groups in total. The molecule has 3 aromatic rings. The quantitative estimate of drug-likeness (QED) is 0.722. The van der Waals surface area contributed by atoms with Crippen LogP contribution in [-0.2, 0) is 0 Å². The Balaban J connectivity index is 1.64. The van der Waals surface area contributed by atoms with E-state index in [2.05, 4.69) is 15.4 Å². The van der Waals surface area contributed by atoms with E-state index < -0.39 is 0 Å². The molecule has 1 aliphatic carbocycles. The number of amides is 1. The van der Waals surface area contributed by atoms with Crippen molar-refractivity contribution in [3.05, 3.63) is 53.4 Å². The van der Waals surface area contributed by atoms with Crippen molar-refractivity contribution >= 4 is 17.2 Å². The van der Waals surface area contributed by atoms with Crippen LogP contribution in [-0.4, -0.2) is 37.9 Å². The molecule has 0 unspecified atom stereocenters. The van der Waals surface area contributed by atoms with Crippen molar-refractivity contribution in [3.8, 4) is 16.4 Å². The summed E-state index contributed by atoms with van der Waals surface area (Å²) < 4.78 is 15.2. The molecule has 1 aromatic carbocycles. The first kappa shape index (κ1) is 17.8. The maximum Gasteiger partial charge on any atom is 0.291 e. The molecule has 1 fully saturated rings. The predicted octanol–water partition coefficient (Wildman–Crippen LogP) is 3.17. The van der Waals surface area contributed by atoms with Gasteiger partial charge in [0.1, 0.15) is 5.82 Å². The number of hydrogen-bond acceptors (Lipinski definition) is 5. The molecule has 0 saturated heterocycles. The molecular weight excluding hydrogens is 367 g/mol. The van der Waals surface area contributed by atoms with Crippen LogP contribution in [0.3, 0.4) is 0 Å². The van der Waals surface area contributed by atoms with Gasteiger partial charge in [0.05, 0.1) is 16.7 Å². The second-order valence-electron chi connectivity index (χ2n) is 6.61. The van der Waals surface area contributed by atoms with E-state index in [1.54, 1.807) is 12.1 Å². The number of benzene rings is 1. The fourth-order valence-electron chi connectivity index (χ4n) is 3.23. The van der Waals surface area contributed by atoms with Crippen LogP contribution in [0, 0.1) is 5.82 Å². The normalized spacial score (nSPS) is 19.8. The summed E-state index contributed by atoms with van der Waals surface area (Å²) in [6.07, 6.45) is 2.53. The van der Waals surface area contributed by atoms with Gasteiger partial charge in [-0.3, -0.25) is 4.79 Å². The summed E-state index contributed by atoms with van der Waals surface area (Å²) in [7, 11) is 0. The highest BCUT2D eigenvalue weighted by Crippen LogP contribution is 2.26. The summed E-state index contributed by atoms with van der Waals surface area (Å²) >= 11 is 1.47. The molecular formula is C19H19FN4O2S. The minimum absolute atomic E-state index is 0.00667. The first-order valence-corrected chi connectivity index (χ1v) is 9.74. The summed E-state index contributed by atoms with van der Waals surface area (Å²) in [5, 5.41) is 18.8. The van der Waals surface area contributed by atoms with Gasteiger partial charge in [0, 0.05) is 6.04 Å². The average Bonchev–Trinajstić information content (AvgIpc) is 3.33. The molecule has 27 heavy (non-hydrogen) atoms. The van der Waals surface area contributed by atoms with Crippen LogP contribution in [0.5, 0.6) is 0 Å². The van der Waals surface area contributed by atoms with Gasteiger partial charge in [0.25, 0.3) is 5.91 Å². The molecule has 8 heteroatoms. The van der Waals surface area contributed by atoms with E-state index in [1.165, 1.54) is 28.2 Å². The third-order valence-corrected chi connectivity index (χ3v) is 5.50. The van der Waals surface area contributed by atoms with E-state index in [9.17, 15) is 14.3 Å². The minimum atomic E-state index is -0.383. The fourth-order valence-corrected chi connectivity index (χ4v) is 3.93. The zero-order valence-corrected chi connectivity index (χ0v) is 15.3. The number of carbonyl (C=O) groups excluding carboxylic acids is 1. The van der Waals surface area contributed by atoms with Crippen molar-refractivity contribution in [1.29, 1.82) is 0 Å². The number of nitrogens with zero attached hydrogens (tertiary/aromatic N) is 3. The molecule has 2 aromatic heterocycles. The lowest BCUT2D eigenvalue weighted by atomic mass is 9.93. The second kappa shape index (κ2) is 7.58. The Morgan fingerprint density at radius 1 is 1.22 bits per heavy atom. The van der Waals surface area contributed by atoms with Crippen molar-refractivity contribution < 1.29 is 14.3 Å². The van der Waals surface area contributed by atoms with Crippen LogP contribution in [0.2, 0.25) is 0 Å². The Labute approximate surface area is 159 Å². The first-order chi connectivity index (χ1) is 13.1. The number of hydrogen-bond donors (Lipinski definition) is 2. The van der Waals surface area contributed by atoms with Gasteiger partial charge in [-0.25, -0.2) is 14.1 Å². The van der Waals surface area contributed by atoms with E-state index in [-0.39, 0.29) is 29.7 Å². The maximum atomic E-state index is 13.7. The van der Waals surface area contributed by atoms with Crippen LogP contribution in [0.25, 0.3) is 16.4 Å². The number of aromatic nitrogens is 3. The standard InChI is InChI=1S/C19H19FN4O2S/c20-12-3-1-4-14(11-12)24-18(16-5-2-10-27-16)22-17(23-24)19(26)21-13-6-8-15(25)9-7-13/h1-5,10-11,13,15,25H,6-9H2,(H,21,26). The third kappa shape index (κ3) is 3.91. The van der Waals surface area contributed by atoms with Crippen molar-refractivity contribution in [3.63, 3.8) is 0 Å². The number of nitrogens with one attached hydrogen (secondary N) is 1. The molecule has 140 valence electrons. The lowest BCUT2D eigenvalue weighted by molar-refractivity contribution is 0.0858. The van der Waals surface area contributed by atoms with Crippen LogP contribution in [0.1, 0.15) is 36.3 Å². The summed E-state index contributed by atoms with van der Waals surface area (Å²) in [6, 6.07) is 9.81. The number of rotatable bonds is 4. The summed E-state index contributed by atoms with van der Waals surface area (Å²) in [4.78, 5) is 17.9. The fraction of sp³-hybridized carbons (Fsp3) is 0.316. The number of aliphatic hydroxyl groups excluding tert-OH is 1. The molecule has 6 nitrogen and oxygen atoms in total. The van der Waals surface area contributed by atoms with Crippen molar-refractivity contribution in [2.24, 2.45) is 0 Å². The topological polar surface area (TPSA) is 80.0 Å². The van der Waals surface area contributed by atoms with Crippen molar-refractivity contribution in [2.45, 2.75) is 37.8 Å². The Hall–Kier alpha value is -2.58. The molecule has 1 aliphatic rings. The highest BCUT2D eigenvalue weighted by Gasteiger charge is 2.24. The highest BCUT2D eigenvalue weighted by atomic mass is 32.1. The molecule has 0 aliphatic heterocycles. The lowest BCUT2D eigenvalue weighted by Crippen LogP contribution is -2.39. The van der Waals surface area contributed by atoms with Gasteiger partial charge in [-0.05, 0) is 55.3 Å². The molecule has 2 heterocycles. The molecule has 0 radical (unpaired) electrons. The van der Waals surface area contributed by atoms with E-state index in [0.29, 0.717) is 24.4 Å². The highest BCUT2D eigenvalue weighted by molar-refractivity contribution is 7.13. The van der Waals surface area contributed by atoms with E-state index >= 15 is 0 Å². The Morgan fingerprint density at radius 3 is 2.74 bits per heavy atom. The van der Waals surface area contributed by atoms with Crippen LogP contribution >= 0.6 is 11.3 Å². The Kier molecular flexibility index (Phi) is 5.00. The molecule has 0 bridgehead atoms. The lowest BCUT2D eigenvalue weighted by Gasteiger charge is -2.25. The van der Waals surface area contributed by atoms with E-state index in [0.717, 1.165) is 17.7 Å². The summed E-state index contributed by atoms with van der Waals surface area (Å²) in [5.41, 5.74) is 0.505. The zero-order chi connectivity index (χ0) is 18.8. The average molecular weight is 386 g/mol. The van der Waals surface area contributed by atoms with Gasteiger partial charge in [-0.2, -0.15) is 0 Å². The molecule has 4 rings (SSSR count). The molecule has 0 spiro atoms.